The molecule has 0 aromatic rings. The zero-order valence-corrected chi connectivity index (χ0v) is 19.1. The molecular formula is C25H42O5. The van der Waals surface area contributed by atoms with Gasteiger partial charge in [0.25, 0.3) is 0 Å². The van der Waals surface area contributed by atoms with Gasteiger partial charge in [0.15, 0.2) is 0 Å². The normalized spacial score (nSPS) is 52.6. The van der Waals surface area contributed by atoms with Gasteiger partial charge in [-0.25, -0.2) is 0 Å². The van der Waals surface area contributed by atoms with Crippen molar-refractivity contribution in [3.63, 3.8) is 0 Å². The van der Waals surface area contributed by atoms with E-state index in [1.54, 1.807) is 6.92 Å². The Bertz CT molecular complexity index is 666. The molecule has 0 aromatic heterocycles. The molecule has 0 bridgehead atoms. The lowest BCUT2D eigenvalue weighted by molar-refractivity contribution is -0.207. The summed E-state index contributed by atoms with van der Waals surface area (Å²) in [4.78, 5) is 11.4. The molecule has 4 fully saturated rings. The predicted octanol–water partition coefficient (Wildman–Crippen LogP) is 3.69. The number of hydrogen-bond acceptors (Lipinski definition) is 4. The molecule has 4 aliphatic carbocycles. The second-order valence-corrected chi connectivity index (χ2v) is 12.0. The van der Waals surface area contributed by atoms with Crippen molar-refractivity contribution in [3.05, 3.63) is 0 Å². The van der Waals surface area contributed by atoms with E-state index in [0.29, 0.717) is 30.1 Å². The van der Waals surface area contributed by atoms with E-state index in [1.165, 1.54) is 0 Å². The molecule has 0 amide bonds. The zero-order valence-electron chi connectivity index (χ0n) is 19.1. The molecule has 5 unspecified atom stereocenters. The van der Waals surface area contributed by atoms with Gasteiger partial charge in [-0.15, -0.1) is 0 Å². The number of rotatable bonds is 4. The van der Waals surface area contributed by atoms with Crippen molar-refractivity contribution in [2.24, 2.45) is 52.3 Å². The maximum atomic E-state index is 11.5. The lowest BCUT2D eigenvalue weighted by atomic mass is 9.43. The number of aliphatic carboxylic acids is 1. The Hall–Kier alpha value is -0.650. The van der Waals surface area contributed by atoms with E-state index in [4.69, 9.17) is 0 Å². The maximum Gasteiger partial charge on any atom is 0.306 e. The lowest BCUT2D eigenvalue weighted by Crippen LogP contribution is -2.62. The van der Waals surface area contributed by atoms with Crippen LogP contribution in [0.4, 0.5) is 0 Å². The van der Waals surface area contributed by atoms with Crippen molar-refractivity contribution in [1.29, 1.82) is 0 Å². The first-order valence-corrected chi connectivity index (χ1v) is 12.3. The van der Waals surface area contributed by atoms with Gasteiger partial charge in [-0.3, -0.25) is 4.79 Å². The van der Waals surface area contributed by atoms with Crippen LogP contribution in [0.2, 0.25) is 0 Å². The molecule has 4 rings (SSSR count). The third-order valence-corrected chi connectivity index (χ3v) is 10.7. The molecule has 4 aliphatic rings. The molecule has 0 heterocycles. The van der Waals surface area contributed by atoms with E-state index in [0.717, 1.165) is 44.9 Å². The van der Waals surface area contributed by atoms with Gasteiger partial charge in [0.1, 0.15) is 0 Å². The van der Waals surface area contributed by atoms with Crippen LogP contribution in [0.25, 0.3) is 0 Å². The molecule has 4 saturated carbocycles. The van der Waals surface area contributed by atoms with Crippen LogP contribution in [-0.4, -0.2) is 44.7 Å². The quantitative estimate of drug-likeness (QED) is 0.554. The van der Waals surface area contributed by atoms with Crippen molar-refractivity contribution in [2.45, 2.75) is 97.4 Å². The van der Waals surface area contributed by atoms with E-state index in [9.17, 15) is 25.2 Å². The lowest BCUT2D eigenvalue weighted by Gasteiger charge is -2.63. The molecule has 12 atom stereocenters. The molecule has 172 valence electrons. The first-order valence-electron chi connectivity index (χ1n) is 12.3. The van der Waals surface area contributed by atoms with Crippen molar-refractivity contribution in [3.8, 4) is 0 Å². The van der Waals surface area contributed by atoms with E-state index in [2.05, 4.69) is 20.8 Å². The number of carboxylic acid groups (broad SMARTS) is 1. The molecule has 0 aliphatic heterocycles. The van der Waals surface area contributed by atoms with E-state index < -0.39 is 12.1 Å². The van der Waals surface area contributed by atoms with Crippen LogP contribution in [-0.2, 0) is 4.79 Å². The average molecular weight is 423 g/mol. The summed E-state index contributed by atoms with van der Waals surface area (Å²) in [6, 6.07) is 0. The van der Waals surface area contributed by atoms with Crippen LogP contribution >= 0.6 is 0 Å². The molecular weight excluding hydrogens is 380 g/mol. The third-order valence-electron chi connectivity index (χ3n) is 10.7. The Morgan fingerprint density at radius 2 is 1.70 bits per heavy atom. The summed E-state index contributed by atoms with van der Waals surface area (Å²) in [6.07, 6.45) is 5.75. The number of aliphatic hydroxyl groups excluding tert-OH is 3. The smallest absolute Gasteiger partial charge is 0.306 e. The Kier molecular flexibility index (Phi) is 5.81. The Labute approximate surface area is 181 Å². The second kappa shape index (κ2) is 7.74. The molecule has 0 aromatic carbocycles. The topological polar surface area (TPSA) is 98.0 Å². The van der Waals surface area contributed by atoms with Crippen LogP contribution in [0, 0.1) is 52.3 Å². The van der Waals surface area contributed by atoms with Gasteiger partial charge >= 0.3 is 5.97 Å². The molecule has 5 nitrogen and oxygen atoms in total. The second-order valence-electron chi connectivity index (χ2n) is 12.0. The fourth-order valence-corrected chi connectivity index (χ4v) is 8.95. The number of carbonyl (C=O) groups is 1. The molecule has 0 saturated heterocycles. The minimum absolute atomic E-state index is 0.0902. The van der Waals surface area contributed by atoms with Crippen molar-refractivity contribution in [2.75, 3.05) is 0 Å². The number of fused-ring (bicyclic) bond motifs is 5. The molecule has 30 heavy (non-hydrogen) atoms. The first-order chi connectivity index (χ1) is 14.0. The van der Waals surface area contributed by atoms with Crippen molar-refractivity contribution in [1.82, 2.24) is 0 Å². The Balaban J connectivity index is 1.61. The summed E-state index contributed by atoms with van der Waals surface area (Å²) < 4.78 is 0. The average Bonchev–Trinajstić information content (AvgIpc) is 3.02. The molecule has 4 N–H and O–H groups in total. The highest BCUT2D eigenvalue weighted by molar-refractivity contribution is 5.69. The monoisotopic (exact) mass is 422 g/mol. The fraction of sp³-hybridized carbons (Fsp3) is 0.960. The van der Waals surface area contributed by atoms with Gasteiger partial charge in [-0.1, -0.05) is 27.7 Å². The van der Waals surface area contributed by atoms with Crippen LogP contribution in [0.1, 0.15) is 79.1 Å². The zero-order chi connectivity index (χ0) is 22.0. The Morgan fingerprint density at radius 3 is 2.37 bits per heavy atom. The Morgan fingerprint density at radius 1 is 1.00 bits per heavy atom. The minimum atomic E-state index is -0.744. The number of aliphatic hydroxyl groups is 3. The van der Waals surface area contributed by atoms with Crippen LogP contribution < -0.4 is 0 Å². The maximum absolute atomic E-state index is 11.5. The summed E-state index contributed by atoms with van der Waals surface area (Å²) in [5, 5.41) is 42.4. The largest absolute Gasteiger partial charge is 0.481 e. The summed E-state index contributed by atoms with van der Waals surface area (Å²) in [7, 11) is 0. The predicted molar refractivity (Wildman–Crippen MR) is 115 cm³/mol. The SMILES string of the molecule is CC(C[C@@H](C)[C@H]1CCC2C3C(C[C@H](O)[C@@]21C)[C@@]1(C)CC[C@@H](O)CC1C[C@@H]3O)C(=O)O. The third kappa shape index (κ3) is 3.26. The standard InChI is InChI=1S/C25H42O5/c1-13(9-14(2)23(29)30)17-5-6-18-22-19(12-21(28)25(17,18)4)24(3)8-7-16(26)10-15(24)11-20(22)27/h13-22,26-28H,5-12H2,1-4H3,(H,29,30)/t13-,14?,15?,16-,17-,18?,19?,20+,21+,22?,24+,25-/m1/s1. The van der Waals surface area contributed by atoms with E-state index in [1.807, 2.05) is 0 Å². The van der Waals surface area contributed by atoms with Crippen LogP contribution in [0.15, 0.2) is 0 Å². The molecule has 5 heteroatoms. The van der Waals surface area contributed by atoms with Gasteiger partial charge < -0.3 is 20.4 Å². The van der Waals surface area contributed by atoms with Crippen LogP contribution in [0.3, 0.4) is 0 Å². The minimum Gasteiger partial charge on any atom is -0.481 e. The summed E-state index contributed by atoms with van der Waals surface area (Å²) in [5.74, 6) is 0.567. The van der Waals surface area contributed by atoms with Crippen LogP contribution in [0.5, 0.6) is 0 Å². The number of carboxylic acids is 1. The molecule has 0 spiro atoms. The summed E-state index contributed by atoms with van der Waals surface area (Å²) in [6.45, 7) is 8.52. The van der Waals surface area contributed by atoms with Gasteiger partial charge in [0, 0.05) is 0 Å². The number of hydrogen-bond donors (Lipinski definition) is 4. The van der Waals surface area contributed by atoms with Gasteiger partial charge in [0.05, 0.1) is 24.2 Å². The first kappa shape index (κ1) is 22.5. The van der Waals surface area contributed by atoms with Gasteiger partial charge in [-0.2, -0.15) is 0 Å². The van der Waals surface area contributed by atoms with Crippen molar-refractivity contribution < 1.29 is 25.2 Å². The van der Waals surface area contributed by atoms with Gasteiger partial charge in [-0.05, 0) is 97.7 Å². The van der Waals surface area contributed by atoms with Gasteiger partial charge in [0.2, 0.25) is 0 Å². The fourth-order valence-electron chi connectivity index (χ4n) is 8.95. The summed E-state index contributed by atoms with van der Waals surface area (Å²) >= 11 is 0. The van der Waals surface area contributed by atoms with Crippen molar-refractivity contribution >= 4 is 5.97 Å². The van der Waals surface area contributed by atoms with E-state index in [-0.39, 0.29) is 40.8 Å². The van der Waals surface area contributed by atoms with E-state index >= 15 is 0 Å². The highest BCUT2D eigenvalue weighted by Crippen LogP contribution is 2.68. The molecule has 0 radical (unpaired) electrons. The summed E-state index contributed by atoms with van der Waals surface area (Å²) in [5.41, 5.74) is -0.163. The highest BCUT2D eigenvalue weighted by atomic mass is 16.4. The highest BCUT2D eigenvalue weighted by Gasteiger charge is 2.65.